The van der Waals surface area contributed by atoms with Gasteiger partial charge in [-0.1, -0.05) is 39.0 Å². The van der Waals surface area contributed by atoms with Crippen molar-refractivity contribution in [2.24, 2.45) is 0 Å². The molecule has 1 heterocycles. The zero-order valence-electron chi connectivity index (χ0n) is 13.6. The zero-order valence-corrected chi connectivity index (χ0v) is 14.5. The number of carbonyl (C=O) groups is 2. The molecule has 0 fully saturated rings. The molecule has 0 atom stereocenters. The summed E-state index contributed by atoms with van der Waals surface area (Å²) in [6.07, 6.45) is 0.412. The third-order valence-corrected chi connectivity index (χ3v) is 4.30. The van der Waals surface area contributed by atoms with Crippen molar-refractivity contribution in [3.05, 3.63) is 34.8 Å². The highest BCUT2D eigenvalue weighted by Gasteiger charge is 2.20. The van der Waals surface area contributed by atoms with Crippen molar-refractivity contribution in [2.75, 3.05) is 10.6 Å². The van der Waals surface area contributed by atoms with Crippen LogP contribution in [0.2, 0.25) is 0 Å². The van der Waals surface area contributed by atoms with Gasteiger partial charge in [0.25, 0.3) is 5.91 Å². The quantitative estimate of drug-likeness (QED) is 0.898. The van der Waals surface area contributed by atoms with Gasteiger partial charge in [-0.15, -0.1) is 10.2 Å². The lowest BCUT2D eigenvalue weighted by molar-refractivity contribution is -0.115. The summed E-state index contributed by atoms with van der Waals surface area (Å²) in [6.45, 7) is 7.92. The van der Waals surface area contributed by atoms with Crippen LogP contribution < -0.4 is 10.6 Å². The van der Waals surface area contributed by atoms with Gasteiger partial charge in [0, 0.05) is 23.1 Å². The first-order valence-electron chi connectivity index (χ1n) is 7.35. The number of rotatable bonds is 4. The molecule has 0 radical (unpaired) electrons. The monoisotopic (exact) mass is 332 g/mol. The third kappa shape index (κ3) is 4.59. The molecule has 0 unspecified atom stereocenters. The third-order valence-electron chi connectivity index (χ3n) is 3.04. The first-order chi connectivity index (χ1) is 10.8. The molecule has 0 spiro atoms. The molecule has 0 aliphatic carbocycles. The molecule has 2 rings (SSSR count). The fourth-order valence-corrected chi connectivity index (χ4v) is 2.50. The van der Waals surface area contributed by atoms with Gasteiger partial charge in [0.05, 0.1) is 0 Å². The smallest absolute Gasteiger partial charge is 0.257 e. The highest BCUT2D eigenvalue weighted by atomic mass is 32.1. The Morgan fingerprint density at radius 3 is 2.26 bits per heavy atom. The predicted molar refractivity (Wildman–Crippen MR) is 91.9 cm³/mol. The van der Waals surface area contributed by atoms with E-state index in [0.29, 0.717) is 22.8 Å². The number of anilines is 2. The summed E-state index contributed by atoms with van der Waals surface area (Å²) in [4.78, 5) is 23.5. The van der Waals surface area contributed by atoms with E-state index in [2.05, 4.69) is 20.8 Å². The van der Waals surface area contributed by atoms with Crippen LogP contribution >= 0.6 is 11.3 Å². The summed E-state index contributed by atoms with van der Waals surface area (Å²) in [5, 5.41) is 14.9. The minimum absolute atomic E-state index is 0.0641. The molecular weight excluding hydrogens is 312 g/mol. The normalized spacial score (nSPS) is 11.1. The minimum atomic E-state index is -0.255. The van der Waals surface area contributed by atoms with Crippen LogP contribution in [-0.4, -0.2) is 22.0 Å². The molecule has 122 valence electrons. The van der Waals surface area contributed by atoms with E-state index in [4.69, 9.17) is 0 Å². The van der Waals surface area contributed by atoms with Gasteiger partial charge in [-0.3, -0.25) is 14.9 Å². The van der Waals surface area contributed by atoms with Crippen LogP contribution in [0.3, 0.4) is 0 Å². The summed E-state index contributed by atoms with van der Waals surface area (Å²) >= 11 is 1.37. The van der Waals surface area contributed by atoms with E-state index in [1.54, 1.807) is 31.2 Å². The van der Waals surface area contributed by atoms with Gasteiger partial charge in [0.15, 0.2) is 0 Å². The fraction of sp³-hybridized carbons (Fsp3) is 0.375. The first-order valence-corrected chi connectivity index (χ1v) is 8.16. The van der Waals surface area contributed by atoms with Gasteiger partial charge < -0.3 is 5.32 Å². The Balaban J connectivity index is 2.03. The van der Waals surface area contributed by atoms with Crippen molar-refractivity contribution in [3.63, 3.8) is 0 Å². The molecule has 6 nitrogen and oxygen atoms in total. The van der Waals surface area contributed by atoms with Crippen molar-refractivity contribution in [1.29, 1.82) is 0 Å². The molecule has 0 aliphatic rings. The molecule has 1 aromatic carbocycles. The lowest BCUT2D eigenvalue weighted by atomic mass is 9.98. The Kier molecular flexibility index (Phi) is 5.10. The molecule has 0 saturated carbocycles. The molecular formula is C16H20N4O2S. The minimum Gasteiger partial charge on any atom is -0.326 e. The van der Waals surface area contributed by atoms with Crippen LogP contribution in [0.15, 0.2) is 24.3 Å². The maximum absolute atomic E-state index is 12.2. The van der Waals surface area contributed by atoms with Crippen molar-refractivity contribution < 1.29 is 9.59 Å². The van der Waals surface area contributed by atoms with Crippen LogP contribution in [0.25, 0.3) is 0 Å². The topological polar surface area (TPSA) is 84.0 Å². The first kappa shape index (κ1) is 17.1. The van der Waals surface area contributed by atoms with E-state index in [1.807, 2.05) is 20.8 Å². The highest BCUT2D eigenvalue weighted by Crippen LogP contribution is 2.27. The second kappa shape index (κ2) is 6.87. The summed E-state index contributed by atoms with van der Waals surface area (Å²) in [6, 6.07) is 6.71. The van der Waals surface area contributed by atoms with Crippen LogP contribution in [0.1, 0.15) is 49.5 Å². The standard InChI is InChI=1S/C16H20N4O2S/c1-5-12(21)17-11-8-6-10(7-9-11)13(22)18-15-20-19-14(23-15)16(2,3)4/h6-9H,5H2,1-4H3,(H,17,21)(H,18,20,22). The summed E-state index contributed by atoms with van der Waals surface area (Å²) < 4.78 is 0. The molecule has 2 aromatic rings. The molecule has 7 heteroatoms. The largest absolute Gasteiger partial charge is 0.326 e. The number of nitrogens with zero attached hydrogens (tertiary/aromatic N) is 2. The van der Waals surface area contributed by atoms with Gasteiger partial charge >= 0.3 is 0 Å². The van der Waals surface area contributed by atoms with Gasteiger partial charge in [-0.25, -0.2) is 0 Å². The van der Waals surface area contributed by atoms with E-state index in [9.17, 15) is 9.59 Å². The number of nitrogens with one attached hydrogen (secondary N) is 2. The van der Waals surface area contributed by atoms with Crippen molar-refractivity contribution in [1.82, 2.24) is 10.2 Å². The second-order valence-corrected chi connectivity index (χ2v) is 7.07. The molecule has 0 aliphatic heterocycles. The lowest BCUT2D eigenvalue weighted by Crippen LogP contribution is -2.12. The molecule has 2 amide bonds. The van der Waals surface area contributed by atoms with E-state index < -0.39 is 0 Å². The van der Waals surface area contributed by atoms with Crippen molar-refractivity contribution in [3.8, 4) is 0 Å². The summed E-state index contributed by atoms with van der Waals surface area (Å²) in [5.41, 5.74) is 1.06. The Morgan fingerprint density at radius 2 is 1.74 bits per heavy atom. The van der Waals surface area contributed by atoms with E-state index in [1.165, 1.54) is 11.3 Å². The number of carbonyl (C=O) groups excluding carboxylic acids is 2. The predicted octanol–water partition coefficient (Wildman–Crippen LogP) is 3.44. The SMILES string of the molecule is CCC(=O)Nc1ccc(C(=O)Nc2nnc(C(C)(C)C)s2)cc1. The number of aromatic nitrogens is 2. The summed E-state index contributed by atoms with van der Waals surface area (Å²) in [5.74, 6) is -0.319. The van der Waals surface area contributed by atoms with Gasteiger partial charge in [-0.2, -0.15) is 0 Å². The molecule has 2 N–H and O–H groups in total. The number of benzene rings is 1. The van der Waals surface area contributed by atoms with Crippen molar-refractivity contribution >= 4 is 34.0 Å². The second-order valence-electron chi connectivity index (χ2n) is 6.10. The van der Waals surface area contributed by atoms with E-state index >= 15 is 0 Å². The molecule has 0 bridgehead atoms. The van der Waals surface area contributed by atoms with Crippen LogP contribution in [0.4, 0.5) is 10.8 Å². The van der Waals surface area contributed by atoms with Crippen LogP contribution in [0, 0.1) is 0 Å². The Labute approximate surface area is 139 Å². The number of hydrogen-bond acceptors (Lipinski definition) is 5. The van der Waals surface area contributed by atoms with Gasteiger partial charge in [-0.05, 0) is 24.3 Å². The molecule has 1 aromatic heterocycles. The van der Waals surface area contributed by atoms with Gasteiger partial charge in [0.1, 0.15) is 5.01 Å². The average molecular weight is 332 g/mol. The van der Waals surface area contributed by atoms with Crippen LogP contribution in [0.5, 0.6) is 0 Å². The lowest BCUT2D eigenvalue weighted by Gasteiger charge is -2.12. The van der Waals surface area contributed by atoms with Crippen molar-refractivity contribution in [2.45, 2.75) is 39.5 Å². The van der Waals surface area contributed by atoms with Crippen LogP contribution in [-0.2, 0) is 10.2 Å². The average Bonchev–Trinajstić information content (AvgIpc) is 2.96. The Hall–Kier alpha value is -2.28. The Morgan fingerprint density at radius 1 is 1.09 bits per heavy atom. The van der Waals surface area contributed by atoms with E-state index in [0.717, 1.165) is 5.01 Å². The molecule has 23 heavy (non-hydrogen) atoms. The zero-order chi connectivity index (χ0) is 17.0. The summed E-state index contributed by atoms with van der Waals surface area (Å²) in [7, 11) is 0. The maximum Gasteiger partial charge on any atom is 0.257 e. The number of amides is 2. The maximum atomic E-state index is 12.2. The van der Waals surface area contributed by atoms with E-state index in [-0.39, 0.29) is 17.2 Å². The highest BCUT2D eigenvalue weighted by molar-refractivity contribution is 7.15. The Bertz CT molecular complexity index is 702. The van der Waals surface area contributed by atoms with Gasteiger partial charge in [0.2, 0.25) is 11.0 Å². The fourth-order valence-electron chi connectivity index (χ4n) is 1.70. The number of hydrogen-bond donors (Lipinski definition) is 2. The molecule has 0 saturated heterocycles.